The molecule has 0 spiro atoms. The summed E-state index contributed by atoms with van der Waals surface area (Å²) in [5.74, 6) is 0.362. The zero-order chi connectivity index (χ0) is 12.1. The van der Waals surface area contributed by atoms with Gasteiger partial charge in [-0.1, -0.05) is 0 Å². The molecule has 1 aliphatic rings. The first kappa shape index (κ1) is 12.6. The van der Waals surface area contributed by atoms with Gasteiger partial charge in [0.15, 0.2) is 0 Å². The van der Waals surface area contributed by atoms with Gasteiger partial charge in [-0.05, 0) is 12.3 Å². The molecule has 16 heavy (non-hydrogen) atoms. The van der Waals surface area contributed by atoms with Crippen molar-refractivity contribution in [1.29, 1.82) is 0 Å². The molecule has 92 valence electrons. The van der Waals surface area contributed by atoms with E-state index in [4.69, 9.17) is 0 Å². The minimum absolute atomic E-state index is 0.0439. The van der Waals surface area contributed by atoms with E-state index in [1.54, 1.807) is 26.0 Å². The number of nitrogens with zero attached hydrogens (tertiary/aromatic N) is 2. The monoisotopic (exact) mass is 228 g/mol. The summed E-state index contributed by atoms with van der Waals surface area (Å²) in [6.45, 7) is 2.12. The van der Waals surface area contributed by atoms with Gasteiger partial charge >= 0.3 is 12.1 Å². The third kappa shape index (κ3) is 3.29. The highest BCUT2D eigenvalue weighted by molar-refractivity contribution is 5.74. The number of hydrogen-bond acceptors (Lipinski definition) is 2. The summed E-state index contributed by atoms with van der Waals surface area (Å²) < 4.78 is 0. The Kier molecular flexibility index (Phi) is 4.39. The topological polar surface area (TPSA) is 64.7 Å². The van der Waals surface area contributed by atoms with Crippen LogP contribution in [0.3, 0.4) is 0 Å². The molecule has 0 bridgehead atoms. The minimum atomic E-state index is -0.169. The van der Waals surface area contributed by atoms with Gasteiger partial charge < -0.3 is 20.4 Å². The first-order valence-electron chi connectivity index (χ1n) is 5.46. The van der Waals surface area contributed by atoms with Crippen molar-refractivity contribution in [3.05, 3.63) is 0 Å². The SMILES string of the molecule is CNC(=O)NC[C@H]1CCN(C(=O)N(C)C)C1. The van der Waals surface area contributed by atoms with Crippen LogP contribution in [0, 0.1) is 5.92 Å². The molecular weight excluding hydrogens is 208 g/mol. The molecule has 0 aromatic heterocycles. The third-order valence-corrected chi connectivity index (χ3v) is 2.72. The second-order valence-corrected chi connectivity index (χ2v) is 4.24. The molecule has 6 nitrogen and oxygen atoms in total. The van der Waals surface area contributed by atoms with Crippen LogP contribution in [0.5, 0.6) is 0 Å². The molecule has 1 atom stereocenters. The molecule has 1 rings (SSSR count). The molecule has 1 aliphatic heterocycles. The Balaban J connectivity index is 2.30. The van der Waals surface area contributed by atoms with Crippen molar-refractivity contribution in [2.75, 3.05) is 40.8 Å². The molecule has 1 heterocycles. The average molecular weight is 228 g/mol. The molecule has 0 aromatic carbocycles. The normalized spacial score (nSPS) is 19.4. The van der Waals surface area contributed by atoms with E-state index in [-0.39, 0.29) is 12.1 Å². The van der Waals surface area contributed by atoms with Gasteiger partial charge in [-0.3, -0.25) is 0 Å². The Morgan fingerprint density at radius 2 is 2.12 bits per heavy atom. The van der Waals surface area contributed by atoms with E-state index in [1.165, 1.54) is 0 Å². The number of urea groups is 2. The zero-order valence-electron chi connectivity index (χ0n) is 10.1. The Bertz CT molecular complexity index is 268. The van der Waals surface area contributed by atoms with Crippen molar-refractivity contribution in [2.45, 2.75) is 6.42 Å². The fourth-order valence-electron chi connectivity index (χ4n) is 1.78. The number of carbonyl (C=O) groups excluding carboxylic acids is 2. The zero-order valence-corrected chi connectivity index (χ0v) is 10.1. The summed E-state index contributed by atoms with van der Waals surface area (Å²) in [6.07, 6.45) is 0.948. The number of rotatable bonds is 2. The van der Waals surface area contributed by atoms with Gasteiger partial charge in [-0.2, -0.15) is 0 Å². The number of nitrogens with one attached hydrogen (secondary N) is 2. The van der Waals surface area contributed by atoms with Crippen molar-refractivity contribution in [1.82, 2.24) is 20.4 Å². The number of likely N-dealkylation sites (tertiary alicyclic amines) is 1. The standard InChI is InChI=1S/C10H20N4O2/c1-11-9(15)12-6-8-4-5-14(7-8)10(16)13(2)3/h8H,4-7H2,1-3H3,(H2,11,12,15)/t8-/m1/s1. The van der Waals surface area contributed by atoms with Gasteiger partial charge in [0.1, 0.15) is 0 Å². The smallest absolute Gasteiger partial charge is 0.319 e. The molecule has 0 unspecified atom stereocenters. The van der Waals surface area contributed by atoms with E-state index < -0.39 is 0 Å². The fraction of sp³-hybridized carbons (Fsp3) is 0.800. The van der Waals surface area contributed by atoms with Crippen molar-refractivity contribution in [3.8, 4) is 0 Å². The average Bonchev–Trinajstić information content (AvgIpc) is 2.73. The van der Waals surface area contributed by atoms with Crippen LogP contribution in [0.1, 0.15) is 6.42 Å². The van der Waals surface area contributed by atoms with Crippen LogP contribution in [0.4, 0.5) is 9.59 Å². The van der Waals surface area contributed by atoms with Crippen LogP contribution in [-0.4, -0.2) is 62.6 Å². The van der Waals surface area contributed by atoms with E-state index in [0.29, 0.717) is 12.5 Å². The highest BCUT2D eigenvalue weighted by Crippen LogP contribution is 2.16. The summed E-state index contributed by atoms with van der Waals surface area (Å²) in [5, 5.41) is 5.26. The predicted molar refractivity (Wildman–Crippen MR) is 61.2 cm³/mol. The van der Waals surface area contributed by atoms with E-state index in [2.05, 4.69) is 10.6 Å². The van der Waals surface area contributed by atoms with Crippen LogP contribution >= 0.6 is 0 Å². The van der Waals surface area contributed by atoms with E-state index >= 15 is 0 Å². The van der Waals surface area contributed by atoms with Crippen LogP contribution in [0.25, 0.3) is 0 Å². The van der Waals surface area contributed by atoms with Crippen molar-refractivity contribution >= 4 is 12.1 Å². The second-order valence-electron chi connectivity index (χ2n) is 4.24. The Morgan fingerprint density at radius 3 is 2.69 bits per heavy atom. The maximum atomic E-state index is 11.6. The van der Waals surface area contributed by atoms with Crippen LogP contribution in [0.15, 0.2) is 0 Å². The molecule has 0 radical (unpaired) electrons. The maximum Gasteiger partial charge on any atom is 0.319 e. The number of amides is 4. The number of hydrogen-bond donors (Lipinski definition) is 2. The second kappa shape index (κ2) is 5.58. The lowest BCUT2D eigenvalue weighted by atomic mass is 10.1. The summed E-state index contributed by atoms with van der Waals surface area (Å²) in [4.78, 5) is 26.0. The summed E-state index contributed by atoms with van der Waals surface area (Å²) >= 11 is 0. The fourth-order valence-corrected chi connectivity index (χ4v) is 1.78. The highest BCUT2D eigenvalue weighted by atomic mass is 16.2. The molecular formula is C10H20N4O2. The molecule has 6 heteroatoms. The van der Waals surface area contributed by atoms with Crippen LogP contribution < -0.4 is 10.6 Å². The first-order valence-corrected chi connectivity index (χ1v) is 5.46. The van der Waals surface area contributed by atoms with Gasteiger partial charge in [0.25, 0.3) is 0 Å². The third-order valence-electron chi connectivity index (χ3n) is 2.72. The van der Waals surface area contributed by atoms with Crippen LogP contribution in [-0.2, 0) is 0 Å². The molecule has 4 amide bonds. The van der Waals surface area contributed by atoms with E-state index in [1.807, 2.05) is 4.90 Å². The summed E-state index contributed by atoms with van der Waals surface area (Å²) in [6, 6.07) is -0.125. The van der Waals surface area contributed by atoms with E-state index in [9.17, 15) is 9.59 Å². The maximum absolute atomic E-state index is 11.6. The van der Waals surface area contributed by atoms with Gasteiger partial charge in [-0.25, -0.2) is 9.59 Å². The van der Waals surface area contributed by atoms with Crippen molar-refractivity contribution < 1.29 is 9.59 Å². The lowest BCUT2D eigenvalue weighted by molar-refractivity contribution is 0.180. The summed E-state index contributed by atoms with van der Waals surface area (Å²) in [7, 11) is 5.09. The van der Waals surface area contributed by atoms with Crippen LogP contribution in [0.2, 0.25) is 0 Å². The van der Waals surface area contributed by atoms with Gasteiger partial charge in [0.2, 0.25) is 0 Å². The lowest BCUT2D eigenvalue weighted by Crippen LogP contribution is -2.39. The molecule has 0 aromatic rings. The predicted octanol–water partition coefficient (Wildman–Crippen LogP) is -0.0811. The van der Waals surface area contributed by atoms with Crippen molar-refractivity contribution in [3.63, 3.8) is 0 Å². The first-order chi connectivity index (χ1) is 7.54. The minimum Gasteiger partial charge on any atom is -0.341 e. The quantitative estimate of drug-likeness (QED) is 0.694. The van der Waals surface area contributed by atoms with Gasteiger partial charge in [0.05, 0.1) is 0 Å². The summed E-state index contributed by atoms with van der Waals surface area (Å²) in [5.41, 5.74) is 0. The molecule has 1 saturated heterocycles. The highest BCUT2D eigenvalue weighted by Gasteiger charge is 2.27. The van der Waals surface area contributed by atoms with Gasteiger partial charge in [-0.15, -0.1) is 0 Å². The van der Waals surface area contributed by atoms with Crippen molar-refractivity contribution in [2.24, 2.45) is 5.92 Å². The Morgan fingerprint density at radius 1 is 1.44 bits per heavy atom. The Hall–Kier alpha value is -1.46. The molecule has 0 aliphatic carbocycles. The lowest BCUT2D eigenvalue weighted by Gasteiger charge is -2.21. The van der Waals surface area contributed by atoms with E-state index in [0.717, 1.165) is 19.5 Å². The Labute approximate surface area is 96.0 Å². The molecule has 0 saturated carbocycles. The van der Waals surface area contributed by atoms with Gasteiger partial charge in [0, 0.05) is 40.8 Å². The number of carbonyl (C=O) groups is 2. The molecule has 2 N–H and O–H groups in total. The largest absolute Gasteiger partial charge is 0.341 e. The molecule has 1 fully saturated rings.